The quantitative estimate of drug-likeness (QED) is 0.905. The predicted molar refractivity (Wildman–Crippen MR) is 84.8 cm³/mol. The molecule has 0 aromatic heterocycles. The molecule has 1 aliphatic carbocycles. The second kappa shape index (κ2) is 6.09. The SMILES string of the molecule is CCOC(=O)N1CCC2C1CCCC2(O)c1ccc(Cl)cc1. The molecule has 3 unspecified atom stereocenters. The number of hydrogen-bond donors (Lipinski definition) is 1. The normalized spacial score (nSPS) is 31.0. The van der Waals surface area contributed by atoms with E-state index in [0.29, 0.717) is 18.2 Å². The van der Waals surface area contributed by atoms with E-state index in [2.05, 4.69) is 0 Å². The van der Waals surface area contributed by atoms with Crippen LogP contribution in [0.2, 0.25) is 5.02 Å². The summed E-state index contributed by atoms with van der Waals surface area (Å²) in [5.74, 6) is 0.0619. The second-order valence-corrected chi connectivity index (χ2v) is 6.61. The van der Waals surface area contributed by atoms with Gasteiger partial charge in [-0.05, 0) is 50.3 Å². The number of benzene rings is 1. The number of carbonyl (C=O) groups is 1. The highest BCUT2D eigenvalue weighted by atomic mass is 35.5. The molecule has 0 radical (unpaired) electrons. The number of likely N-dealkylation sites (tertiary alicyclic amines) is 1. The molecule has 4 nitrogen and oxygen atoms in total. The molecule has 1 aromatic carbocycles. The van der Waals surface area contributed by atoms with Crippen LogP contribution in [-0.2, 0) is 10.3 Å². The van der Waals surface area contributed by atoms with Gasteiger partial charge >= 0.3 is 6.09 Å². The van der Waals surface area contributed by atoms with Crippen LogP contribution in [0.25, 0.3) is 0 Å². The largest absolute Gasteiger partial charge is 0.450 e. The van der Waals surface area contributed by atoms with Crippen molar-refractivity contribution in [1.82, 2.24) is 4.90 Å². The van der Waals surface area contributed by atoms with E-state index >= 15 is 0 Å². The number of carbonyl (C=O) groups excluding carboxylic acids is 1. The zero-order chi connectivity index (χ0) is 15.7. The lowest BCUT2D eigenvalue weighted by molar-refractivity contribution is -0.0669. The van der Waals surface area contributed by atoms with E-state index in [0.717, 1.165) is 31.2 Å². The molecule has 1 aliphatic heterocycles. The van der Waals surface area contributed by atoms with Gasteiger partial charge < -0.3 is 14.7 Å². The molecule has 0 bridgehead atoms. The van der Waals surface area contributed by atoms with Gasteiger partial charge in [0, 0.05) is 23.5 Å². The molecule has 1 saturated heterocycles. The Morgan fingerprint density at radius 1 is 1.41 bits per heavy atom. The Kier molecular flexibility index (Phi) is 4.33. The minimum atomic E-state index is -0.880. The Hall–Kier alpha value is -1.26. The first kappa shape index (κ1) is 15.6. The fraction of sp³-hybridized carbons (Fsp3) is 0.588. The molecular weight excluding hydrogens is 302 g/mol. The van der Waals surface area contributed by atoms with Gasteiger partial charge in [-0.1, -0.05) is 23.7 Å². The van der Waals surface area contributed by atoms with Crippen molar-refractivity contribution in [3.05, 3.63) is 34.9 Å². The van der Waals surface area contributed by atoms with Gasteiger partial charge in [0.25, 0.3) is 0 Å². The van der Waals surface area contributed by atoms with Crippen LogP contribution in [0.3, 0.4) is 0 Å². The van der Waals surface area contributed by atoms with Crippen LogP contribution < -0.4 is 0 Å². The number of aliphatic hydroxyl groups is 1. The molecule has 1 heterocycles. The van der Waals surface area contributed by atoms with E-state index in [1.54, 1.807) is 4.90 Å². The first-order valence-corrected chi connectivity index (χ1v) is 8.36. The lowest BCUT2D eigenvalue weighted by atomic mass is 9.69. The summed E-state index contributed by atoms with van der Waals surface area (Å²) in [5, 5.41) is 12.0. The van der Waals surface area contributed by atoms with Gasteiger partial charge in [0.2, 0.25) is 0 Å². The molecule has 3 atom stereocenters. The van der Waals surface area contributed by atoms with Crippen LogP contribution >= 0.6 is 11.6 Å². The number of rotatable bonds is 2. The van der Waals surface area contributed by atoms with Gasteiger partial charge in [0.15, 0.2) is 0 Å². The maximum absolute atomic E-state index is 12.1. The van der Waals surface area contributed by atoms with E-state index < -0.39 is 5.60 Å². The summed E-state index contributed by atoms with van der Waals surface area (Å²) in [6, 6.07) is 7.50. The van der Waals surface area contributed by atoms with Gasteiger partial charge in [-0.25, -0.2) is 4.79 Å². The lowest BCUT2D eigenvalue weighted by Crippen LogP contribution is -2.48. The molecular formula is C17H22ClNO3. The molecule has 0 spiro atoms. The van der Waals surface area contributed by atoms with Crippen molar-refractivity contribution >= 4 is 17.7 Å². The first-order chi connectivity index (χ1) is 10.6. The zero-order valence-electron chi connectivity index (χ0n) is 12.8. The van der Waals surface area contributed by atoms with Crippen molar-refractivity contribution in [1.29, 1.82) is 0 Å². The lowest BCUT2D eigenvalue weighted by Gasteiger charge is -2.43. The molecule has 1 N–H and O–H groups in total. The van der Waals surface area contributed by atoms with Crippen LogP contribution in [0.5, 0.6) is 0 Å². The van der Waals surface area contributed by atoms with Gasteiger partial charge in [-0.3, -0.25) is 0 Å². The topological polar surface area (TPSA) is 49.8 Å². The summed E-state index contributed by atoms with van der Waals surface area (Å²) < 4.78 is 5.15. The summed E-state index contributed by atoms with van der Waals surface area (Å²) in [4.78, 5) is 13.9. The van der Waals surface area contributed by atoms with Crippen LogP contribution in [-0.4, -0.2) is 35.3 Å². The average molecular weight is 324 g/mol. The third kappa shape index (κ3) is 2.59. The van der Waals surface area contributed by atoms with Crippen molar-refractivity contribution in [3.8, 4) is 0 Å². The molecule has 120 valence electrons. The summed E-state index contributed by atoms with van der Waals surface area (Å²) in [6.07, 6.45) is 3.11. The maximum atomic E-state index is 12.1. The van der Waals surface area contributed by atoms with Gasteiger partial charge in [-0.15, -0.1) is 0 Å². The number of hydrogen-bond acceptors (Lipinski definition) is 3. The predicted octanol–water partition coefficient (Wildman–Crippen LogP) is 3.56. The van der Waals surface area contributed by atoms with Crippen LogP contribution in [0.15, 0.2) is 24.3 Å². The Balaban J connectivity index is 1.86. The molecule has 5 heteroatoms. The fourth-order valence-electron chi connectivity index (χ4n) is 4.06. The number of fused-ring (bicyclic) bond motifs is 1. The first-order valence-electron chi connectivity index (χ1n) is 7.98. The number of ether oxygens (including phenoxy) is 1. The van der Waals surface area contributed by atoms with Gasteiger partial charge in [0.1, 0.15) is 0 Å². The van der Waals surface area contributed by atoms with E-state index in [1.165, 1.54) is 0 Å². The zero-order valence-corrected chi connectivity index (χ0v) is 13.6. The Morgan fingerprint density at radius 2 is 2.14 bits per heavy atom. The number of amides is 1. The van der Waals surface area contributed by atoms with E-state index in [1.807, 2.05) is 31.2 Å². The van der Waals surface area contributed by atoms with Crippen molar-refractivity contribution < 1.29 is 14.6 Å². The van der Waals surface area contributed by atoms with Crippen LogP contribution in [0.1, 0.15) is 38.2 Å². The highest BCUT2D eigenvalue weighted by Crippen LogP contribution is 2.48. The van der Waals surface area contributed by atoms with Crippen molar-refractivity contribution in [2.75, 3.05) is 13.2 Å². The number of nitrogens with zero attached hydrogens (tertiary/aromatic N) is 1. The highest BCUT2D eigenvalue weighted by Gasteiger charge is 2.51. The van der Waals surface area contributed by atoms with Gasteiger partial charge in [0.05, 0.1) is 12.2 Å². The Labute approximate surface area is 136 Å². The fourth-order valence-corrected chi connectivity index (χ4v) is 4.19. The molecule has 22 heavy (non-hydrogen) atoms. The number of halogens is 1. The summed E-state index contributed by atoms with van der Waals surface area (Å²) >= 11 is 5.96. The smallest absolute Gasteiger partial charge is 0.410 e. The molecule has 1 amide bonds. The summed E-state index contributed by atoms with van der Waals surface area (Å²) in [7, 11) is 0. The van der Waals surface area contributed by atoms with E-state index in [4.69, 9.17) is 16.3 Å². The van der Waals surface area contributed by atoms with Crippen LogP contribution in [0, 0.1) is 5.92 Å². The second-order valence-electron chi connectivity index (χ2n) is 6.18. The molecule has 2 fully saturated rings. The van der Waals surface area contributed by atoms with Crippen molar-refractivity contribution in [3.63, 3.8) is 0 Å². The maximum Gasteiger partial charge on any atom is 0.410 e. The summed E-state index contributed by atoms with van der Waals surface area (Å²) in [5.41, 5.74) is 0.0201. The minimum Gasteiger partial charge on any atom is -0.450 e. The Bertz CT molecular complexity index is 547. The third-order valence-corrected chi connectivity index (χ3v) is 5.32. The van der Waals surface area contributed by atoms with Crippen molar-refractivity contribution in [2.24, 2.45) is 5.92 Å². The molecule has 1 saturated carbocycles. The van der Waals surface area contributed by atoms with Crippen LogP contribution in [0.4, 0.5) is 4.79 Å². The monoisotopic (exact) mass is 323 g/mol. The minimum absolute atomic E-state index is 0.0619. The summed E-state index contributed by atoms with van der Waals surface area (Å²) in [6.45, 7) is 2.86. The van der Waals surface area contributed by atoms with Crippen molar-refractivity contribution in [2.45, 2.75) is 44.2 Å². The van der Waals surface area contributed by atoms with E-state index in [9.17, 15) is 9.90 Å². The molecule has 2 aliphatic rings. The average Bonchev–Trinajstić information content (AvgIpc) is 2.94. The highest BCUT2D eigenvalue weighted by molar-refractivity contribution is 6.30. The third-order valence-electron chi connectivity index (χ3n) is 5.06. The molecule has 3 rings (SSSR count). The standard InChI is InChI=1S/C17H22ClNO3/c1-2-22-16(20)19-11-9-14-15(19)4-3-10-17(14,21)12-5-7-13(18)8-6-12/h5-8,14-15,21H,2-4,9-11H2,1H3. The van der Waals surface area contributed by atoms with Gasteiger partial charge in [-0.2, -0.15) is 0 Å². The molecule has 1 aromatic rings. The Morgan fingerprint density at radius 3 is 2.82 bits per heavy atom. The van der Waals surface area contributed by atoms with E-state index in [-0.39, 0.29) is 18.1 Å².